The van der Waals surface area contributed by atoms with E-state index in [4.69, 9.17) is 14.2 Å². The number of carbonyl (C=O) groups is 2. The van der Waals surface area contributed by atoms with Crippen LogP contribution in [-0.4, -0.2) is 32.1 Å². The molecule has 0 radical (unpaired) electrons. The van der Waals surface area contributed by atoms with E-state index >= 15 is 0 Å². The second-order valence-corrected chi connectivity index (χ2v) is 10.0. The smallest absolute Gasteiger partial charge is 0.312 e. The fraction of sp³-hybridized carbons (Fsp3) is 0.357. The van der Waals surface area contributed by atoms with E-state index in [9.17, 15) is 9.59 Å². The molecule has 0 unspecified atom stereocenters. The molecule has 1 aliphatic carbocycles. The Bertz CT molecular complexity index is 1230. The SMILES string of the molecule is CNC(=O)c1cc(OC2CCC(C)(C(=O)OCc3cccc4ccccc34)CC2)c(Br)cc1OC. The lowest BCUT2D eigenvalue weighted by molar-refractivity contribution is -0.159. The minimum absolute atomic E-state index is 0.0591. The maximum Gasteiger partial charge on any atom is 0.312 e. The van der Waals surface area contributed by atoms with Crippen molar-refractivity contribution in [3.05, 3.63) is 70.2 Å². The van der Waals surface area contributed by atoms with Gasteiger partial charge in [-0.15, -0.1) is 0 Å². The summed E-state index contributed by atoms with van der Waals surface area (Å²) in [6, 6.07) is 17.6. The van der Waals surface area contributed by atoms with Gasteiger partial charge >= 0.3 is 5.97 Å². The summed E-state index contributed by atoms with van der Waals surface area (Å²) >= 11 is 3.51. The van der Waals surface area contributed by atoms with Crippen LogP contribution in [-0.2, 0) is 16.1 Å². The lowest BCUT2D eigenvalue weighted by atomic mass is 9.74. The molecule has 35 heavy (non-hydrogen) atoms. The monoisotopic (exact) mass is 539 g/mol. The summed E-state index contributed by atoms with van der Waals surface area (Å²) in [5, 5.41) is 4.86. The van der Waals surface area contributed by atoms with E-state index in [2.05, 4.69) is 39.4 Å². The quantitative estimate of drug-likeness (QED) is 0.370. The van der Waals surface area contributed by atoms with E-state index in [0.29, 0.717) is 47.2 Å². The summed E-state index contributed by atoms with van der Waals surface area (Å²) in [5.74, 6) is 0.631. The molecule has 1 aliphatic rings. The van der Waals surface area contributed by atoms with Gasteiger partial charge in [-0.05, 0) is 77.0 Å². The Morgan fingerprint density at radius 1 is 1.06 bits per heavy atom. The zero-order chi connectivity index (χ0) is 25.0. The van der Waals surface area contributed by atoms with Crippen molar-refractivity contribution < 1.29 is 23.8 Å². The van der Waals surface area contributed by atoms with Crippen molar-refractivity contribution in [3.63, 3.8) is 0 Å². The van der Waals surface area contributed by atoms with Crippen molar-refractivity contribution in [2.45, 2.75) is 45.3 Å². The van der Waals surface area contributed by atoms with Crippen molar-refractivity contribution in [2.75, 3.05) is 14.2 Å². The van der Waals surface area contributed by atoms with Crippen molar-refractivity contribution in [3.8, 4) is 11.5 Å². The van der Waals surface area contributed by atoms with Crippen LogP contribution >= 0.6 is 15.9 Å². The fourth-order valence-corrected chi connectivity index (χ4v) is 4.99. The van der Waals surface area contributed by atoms with Gasteiger partial charge in [-0.25, -0.2) is 0 Å². The van der Waals surface area contributed by atoms with Crippen LogP contribution in [0.5, 0.6) is 11.5 Å². The van der Waals surface area contributed by atoms with E-state index in [-0.39, 0.29) is 24.6 Å². The van der Waals surface area contributed by atoms with Crippen LogP contribution in [0.3, 0.4) is 0 Å². The second-order valence-electron chi connectivity index (χ2n) is 9.15. The minimum atomic E-state index is -0.547. The van der Waals surface area contributed by atoms with Gasteiger partial charge in [0, 0.05) is 7.05 Å². The van der Waals surface area contributed by atoms with Crippen molar-refractivity contribution in [1.29, 1.82) is 0 Å². The van der Waals surface area contributed by atoms with E-state index in [1.54, 1.807) is 19.2 Å². The Morgan fingerprint density at radius 3 is 2.49 bits per heavy atom. The average Bonchev–Trinajstić information content (AvgIpc) is 2.88. The molecule has 0 bridgehead atoms. The van der Waals surface area contributed by atoms with E-state index in [1.165, 1.54) is 7.11 Å². The van der Waals surface area contributed by atoms with E-state index in [0.717, 1.165) is 16.3 Å². The maximum atomic E-state index is 13.0. The molecule has 184 valence electrons. The third kappa shape index (κ3) is 5.45. The standard InChI is InChI=1S/C28H30BrNO5/c1-28(27(32)34-17-19-9-6-8-18-7-4-5-10-21(18)19)13-11-20(12-14-28)35-25-15-22(26(31)30-2)24(33-3)16-23(25)29/h4-10,15-16,20H,11-14,17H2,1-3H3,(H,30,31). The van der Waals surface area contributed by atoms with Crippen LogP contribution in [0.15, 0.2) is 59.1 Å². The highest BCUT2D eigenvalue weighted by Crippen LogP contribution is 2.40. The van der Waals surface area contributed by atoms with Crippen molar-refractivity contribution >= 4 is 38.6 Å². The zero-order valence-corrected chi connectivity index (χ0v) is 21.8. The third-order valence-corrected chi connectivity index (χ3v) is 7.41. The van der Waals surface area contributed by atoms with Crippen LogP contribution in [0.25, 0.3) is 10.8 Å². The van der Waals surface area contributed by atoms with Gasteiger partial charge in [0.15, 0.2) is 0 Å². The Labute approximate surface area is 214 Å². The number of amides is 1. The Morgan fingerprint density at radius 2 is 1.77 bits per heavy atom. The Hall–Kier alpha value is -3.06. The number of halogens is 1. The van der Waals surface area contributed by atoms with Crippen LogP contribution in [0, 0.1) is 5.41 Å². The first-order chi connectivity index (χ1) is 16.8. The van der Waals surface area contributed by atoms with Gasteiger partial charge in [0.25, 0.3) is 5.91 Å². The zero-order valence-electron chi connectivity index (χ0n) is 20.2. The first-order valence-electron chi connectivity index (χ1n) is 11.7. The van der Waals surface area contributed by atoms with Gasteiger partial charge < -0.3 is 19.5 Å². The molecule has 0 spiro atoms. The van der Waals surface area contributed by atoms with E-state index < -0.39 is 5.41 Å². The molecular formula is C28H30BrNO5. The molecule has 1 saturated carbocycles. The minimum Gasteiger partial charge on any atom is -0.496 e. The molecule has 1 amide bonds. The molecule has 1 N–H and O–H groups in total. The third-order valence-electron chi connectivity index (χ3n) is 6.79. The molecule has 3 aromatic rings. The molecule has 0 aromatic heterocycles. The van der Waals surface area contributed by atoms with Crippen molar-refractivity contribution in [2.24, 2.45) is 5.41 Å². The van der Waals surface area contributed by atoms with Gasteiger partial charge in [-0.1, -0.05) is 42.5 Å². The molecule has 4 rings (SSSR count). The number of hydrogen-bond donors (Lipinski definition) is 1. The summed E-state index contributed by atoms with van der Waals surface area (Å²) in [6.45, 7) is 2.23. The summed E-state index contributed by atoms with van der Waals surface area (Å²) < 4.78 is 18.1. The summed E-state index contributed by atoms with van der Waals surface area (Å²) in [6.07, 6.45) is 2.71. The molecule has 0 aliphatic heterocycles. The highest BCUT2D eigenvalue weighted by atomic mass is 79.9. The predicted octanol–water partition coefficient (Wildman–Crippen LogP) is 6.04. The number of esters is 1. The number of benzene rings is 3. The maximum absolute atomic E-state index is 13.0. The Balaban J connectivity index is 1.38. The van der Waals surface area contributed by atoms with Gasteiger partial charge in [-0.3, -0.25) is 9.59 Å². The van der Waals surface area contributed by atoms with Crippen LogP contribution in [0.2, 0.25) is 0 Å². The largest absolute Gasteiger partial charge is 0.496 e. The highest BCUT2D eigenvalue weighted by Gasteiger charge is 2.39. The van der Waals surface area contributed by atoms with Crippen LogP contribution < -0.4 is 14.8 Å². The number of carbonyl (C=O) groups excluding carboxylic acids is 2. The lowest BCUT2D eigenvalue weighted by Gasteiger charge is -2.35. The predicted molar refractivity (Wildman–Crippen MR) is 139 cm³/mol. The molecule has 1 fully saturated rings. The number of hydrogen-bond acceptors (Lipinski definition) is 5. The number of methoxy groups -OCH3 is 1. The topological polar surface area (TPSA) is 73.9 Å². The summed E-state index contributed by atoms with van der Waals surface area (Å²) in [7, 11) is 3.10. The molecule has 0 heterocycles. The average molecular weight is 540 g/mol. The molecule has 0 atom stereocenters. The first-order valence-corrected chi connectivity index (χ1v) is 12.5. The summed E-state index contributed by atoms with van der Waals surface area (Å²) in [4.78, 5) is 25.3. The van der Waals surface area contributed by atoms with Crippen LogP contribution in [0.1, 0.15) is 48.5 Å². The lowest BCUT2D eigenvalue weighted by Crippen LogP contribution is -2.37. The fourth-order valence-electron chi connectivity index (χ4n) is 4.57. The van der Waals surface area contributed by atoms with Gasteiger partial charge in [0.1, 0.15) is 18.1 Å². The highest BCUT2D eigenvalue weighted by molar-refractivity contribution is 9.10. The van der Waals surface area contributed by atoms with Gasteiger partial charge in [-0.2, -0.15) is 0 Å². The van der Waals surface area contributed by atoms with E-state index in [1.807, 2.05) is 31.2 Å². The summed E-state index contributed by atoms with van der Waals surface area (Å²) in [5.41, 5.74) is 0.869. The molecule has 3 aromatic carbocycles. The van der Waals surface area contributed by atoms with Gasteiger partial charge in [0.05, 0.1) is 28.7 Å². The van der Waals surface area contributed by atoms with Crippen LogP contribution in [0.4, 0.5) is 0 Å². The number of rotatable bonds is 7. The molecule has 6 nitrogen and oxygen atoms in total. The first kappa shape index (κ1) is 25.0. The van der Waals surface area contributed by atoms with Crippen molar-refractivity contribution in [1.82, 2.24) is 5.32 Å². The molecule has 0 saturated heterocycles. The molecular weight excluding hydrogens is 510 g/mol. The Kier molecular flexibility index (Phi) is 7.65. The second kappa shape index (κ2) is 10.7. The van der Waals surface area contributed by atoms with Gasteiger partial charge in [0.2, 0.25) is 0 Å². The normalized spacial score (nSPS) is 19.7. The number of fused-ring (bicyclic) bond motifs is 1. The number of nitrogens with one attached hydrogen (secondary N) is 1. The molecule has 7 heteroatoms. The number of ether oxygens (including phenoxy) is 3.